The number of rotatable bonds is 11. The van der Waals surface area contributed by atoms with Crippen molar-refractivity contribution in [2.75, 3.05) is 18.1 Å². The smallest absolute Gasteiger partial charge is 0.352 e. The molecule has 0 bridgehead atoms. The zero-order valence-corrected chi connectivity index (χ0v) is 22.4. The fraction of sp³-hybridized carbons (Fsp3) is 0.182. The number of thioether (sulfide) groups is 1. The Bertz CT molecular complexity index is 1580. The summed E-state index contributed by atoms with van der Waals surface area (Å²) in [5, 5.41) is 47.9. The van der Waals surface area contributed by atoms with Gasteiger partial charge in [-0.05, 0) is 17.7 Å². The van der Waals surface area contributed by atoms with E-state index in [2.05, 4.69) is 20.3 Å². The van der Waals surface area contributed by atoms with E-state index in [1.807, 2.05) is 0 Å². The monoisotopic (exact) mass is 619 g/mol. The number of hydrogen-bond acceptors (Lipinski definition) is 14. The molecule has 1 saturated heterocycles. The molecule has 0 aliphatic carbocycles. The minimum Gasteiger partial charge on any atom is -0.479 e. The molecule has 4 rings (SSSR count). The van der Waals surface area contributed by atoms with E-state index in [1.54, 1.807) is 0 Å². The molecular formula is C22H17N7O11S2. The molecule has 2 atom stereocenters. The van der Waals surface area contributed by atoms with E-state index >= 15 is 0 Å². The number of oxime groups is 1. The lowest BCUT2D eigenvalue weighted by atomic mass is 10.0. The summed E-state index contributed by atoms with van der Waals surface area (Å²) in [5.74, 6) is -4.71. The molecule has 5 N–H and O–H groups in total. The summed E-state index contributed by atoms with van der Waals surface area (Å²) < 4.78 is 0. The average molecular weight is 620 g/mol. The second-order valence-electron chi connectivity index (χ2n) is 8.28. The number of anilines is 1. The van der Waals surface area contributed by atoms with Crippen LogP contribution in [0.25, 0.3) is 6.08 Å². The number of carboxylic acid groups (broad SMARTS) is 2. The van der Waals surface area contributed by atoms with E-state index in [0.29, 0.717) is 0 Å². The number of carboxylic acids is 2. The van der Waals surface area contributed by atoms with E-state index < -0.39 is 74.4 Å². The second-order valence-corrected chi connectivity index (χ2v) is 10.3. The Morgan fingerprint density at radius 3 is 2.43 bits per heavy atom. The maximum atomic E-state index is 13.0. The van der Waals surface area contributed by atoms with Crippen molar-refractivity contribution in [2.45, 2.75) is 11.4 Å². The summed E-state index contributed by atoms with van der Waals surface area (Å²) in [4.78, 5) is 79.6. The van der Waals surface area contributed by atoms with Crippen molar-refractivity contribution in [2.24, 2.45) is 5.16 Å². The predicted octanol–water partition coefficient (Wildman–Crippen LogP) is 0.799. The number of nitro benzene ring substituents is 2. The van der Waals surface area contributed by atoms with Gasteiger partial charge in [0.1, 0.15) is 28.4 Å². The Balaban J connectivity index is 1.60. The van der Waals surface area contributed by atoms with Gasteiger partial charge in [0.15, 0.2) is 10.8 Å². The van der Waals surface area contributed by atoms with Crippen molar-refractivity contribution in [1.29, 1.82) is 0 Å². The number of thiazole rings is 1. The SMILES string of the molecule is Nc1nc(C(=NOCC(=O)O)C(=O)NC2C(=O)N3C(C(=O)O)=C(C=Cc4c([N+](=O)[O-])cccc4[N+](=O)[O-])CS[C@H]23)cs1. The number of nitrogens with two attached hydrogens (primary N) is 1. The number of hydrogen-bond donors (Lipinski definition) is 4. The van der Waals surface area contributed by atoms with Gasteiger partial charge in [0.25, 0.3) is 23.2 Å². The highest BCUT2D eigenvalue weighted by Crippen LogP contribution is 2.41. The first kappa shape index (κ1) is 29.6. The zero-order valence-electron chi connectivity index (χ0n) is 20.7. The van der Waals surface area contributed by atoms with E-state index in [-0.39, 0.29) is 27.7 Å². The molecule has 0 saturated carbocycles. The third-order valence-electron chi connectivity index (χ3n) is 5.72. The van der Waals surface area contributed by atoms with Crippen LogP contribution in [0.1, 0.15) is 11.3 Å². The van der Waals surface area contributed by atoms with Crippen LogP contribution >= 0.6 is 23.1 Å². The van der Waals surface area contributed by atoms with Gasteiger partial charge in [0, 0.05) is 23.3 Å². The normalized spacial score (nSPS) is 18.3. The van der Waals surface area contributed by atoms with E-state index in [9.17, 15) is 44.5 Å². The zero-order chi connectivity index (χ0) is 30.7. The lowest BCUT2D eigenvalue weighted by Crippen LogP contribution is -2.71. The van der Waals surface area contributed by atoms with Gasteiger partial charge in [-0.3, -0.25) is 34.7 Å². The molecule has 1 unspecified atom stereocenters. The third kappa shape index (κ3) is 5.88. The van der Waals surface area contributed by atoms with Crippen molar-refractivity contribution in [3.8, 4) is 0 Å². The third-order valence-corrected chi connectivity index (χ3v) is 7.69. The van der Waals surface area contributed by atoms with Crippen LogP contribution < -0.4 is 11.1 Å². The summed E-state index contributed by atoms with van der Waals surface area (Å²) >= 11 is 2.01. The van der Waals surface area contributed by atoms with E-state index in [0.717, 1.165) is 58.3 Å². The lowest BCUT2D eigenvalue weighted by Gasteiger charge is -2.49. The number of amides is 2. The molecule has 1 aromatic carbocycles. The van der Waals surface area contributed by atoms with Crippen LogP contribution in [0, 0.1) is 20.2 Å². The maximum Gasteiger partial charge on any atom is 0.352 e. The quantitative estimate of drug-likeness (QED) is 0.117. The molecule has 2 amide bonds. The van der Waals surface area contributed by atoms with Crippen LogP contribution in [-0.4, -0.2) is 83.2 Å². The van der Waals surface area contributed by atoms with Crippen LogP contribution in [0.2, 0.25) is 0 Å². The van der Waals surface area contributed by atoms with Crippen molar-refractivity contribution in [3.63, 3.8) is 0 Å². The number of aliphatic carboxylic acids is 2. The van der Waals surface area contributed by atoms with Gasteiger partial charge in [0.2, 0.25) is 6.61 Å². The van der Waals surface area contributed by atoms with Crippen molar-refractivity contribution in [3.05, 3.63) is 72.4 Å². The Morgan fingerprint density at radius 2 is 1.88 bits per heavy atom. The summed E-state index contributed by atoms with van der Waals surface area (Å²) in [6, 6.07) is 2.03. The first-order chi connectivity index (χ1) is 19.9. The van der Waals surface area contributed by atoms with Crippen molar-refractivity contribution >= 4 is 75.1 Å². The maximum absolute atomic E-state index is 13.0. The van der Waals surface area contributed by atoms with Gasteiger partial charge in [-0.2, -0.15) is 0 Å². The number of β-lactam (4-membered cyclic amide) rings is 1. The molecule has 42 heavy (non-hydrogen) atoms. The number of nitrogen functional groups attached to an aromatic ring is 1. The summed E-state index contributed by atoms with van der Waals surface area (Å²) in [6.07, 6.45) is 2.19. The molecule has 0 radical (unpaired) electrons. The molecule has 2 aliphatic rings. The van der Waals surface area contributed by atoms with Gasteiger partial charge in [-0.25, -0.2) is 14.6 Å². The van der Waals surface area contributed by atoms with E-state index in [4.69, 9.17) is 10.8 Å². The minimum atomic E-state index is -1.52. The molecule has 1 fully saturated rings. The Morgan fingerprint density at radius 1 is 1.21 bits per heavy atom. The van der Waals surface area contributed by atoms with Gasteiger partial charge < -0.3 is 26.1 Å². The highest BCUT2D eigenvalue weighted by molar-refractivity contribution is 8.00. The lowest BCUT2D eigenvalue weighted by molar-refractivity contribution is -0.394. The molecule has 218 valence electrons. The minimum absolute atomic E-state index is 0.0385. The van der Waals surface area contributed by atoms with Gasteiger partial charge in [-0.1, -0.05) is 11.2 Å². The first-order valence-electron chi connectivity index (χ1n) is 11.4. The summed E-state index contributed by atoms with van der Waals surface area (Å²) in [5.41, 5.74) is 3.12. The summed E-state index contributed by atoms with van der Waals surface area (Å²) in [7, 11) is 0. The molecule has 20 heteroatoms. The number of nitro groups is 2. The van der Waals surface area contributed by atoms with Crippen LogP contribution in [0.5, 0.6) is 0 Å². The second kappa shape index (κ2) is 12.0. The number of carbonyl (C=O) groups excluding carboxylic acids is 2. The summed E-state index contributed by atoms with van der Waals surface area (Å²) in [6.45, 7) is -0.872. The standard InChI is InChI=1S/C22H17N7O11S2/c23-22-24-11(8-42-22)15(26-40-6-14(30)31)18(32)25-16-19(33)27-17(21(34)35)9(7-41-20(16)27)4-5-10-12(28(36)37)2-1-3-13(10)29(38)39/h1-5,8,16,20H,6-7H2,(H2,23,24)(H,25,32)(H,30,31)(H,34,35)/t16?,20-/m1/s1. The number of carbonyl (C=O) groups is 4. The number of allylic oxidation sites excluding steroid dienone is 1. The number of nitrogens with one attached hydrogen (secondary N) is 1. The molecule has 2 aromatic rings. The number of fused-ring (bicyclic) bond motifs is 1. The molecule has 0 spiro atoms. The number of benzene rings is 1. The van der Waals surface area contributed by atoms with Gasteiger partial charge in [-0.15, -0.1) is 23.1 Å². The first-order valence-corrected chi connectivity index (χ1v) is 13.3. The molecule has 18 nitrogen and oxygen atoms in total. The number of nitrogens with zero attached hydrogens (tertiary/aromatic N) is 5. The van der Waals surface area contributed by atoms with Gasteiger partial charge in [0.05, 0.1) is 9.85 Å². The van der Waals surface area contributed by atoms with Crippen molar-refractivity contribution in [1.82, 2.24) is 15.2 Å². The fourth-order valence-corrected chi connectivity index (χ4v) is 5.81. The number of aromatic nitrogens is 1. The van der Waals surface area contributed by atoms with Crippen LogP contribution in [0.4, 0.5) is 16.5 Å². The molecule has 2 aliphatic heterocycles. The Kier molecular flexibility index (Phi) is 8.47. The Labute approximate surface area is 241 Å². The Hall–Kier alpha value is -5.37. The average Bonchev–Trinajstić information content (AvgIpc) is 3.37. The topological polar surface area (TPSA) is 271 Å². The van der Waals surface area contributed by atoms with Crippen molar-refractivity contribution < 1.29 is 44.1 Å². The predicted molar refractivity (Wildman–Crippen MR) is 145 cm³/mol. The van der Waals surface area contributed by atoms with Crippen LogP contribution in [0.3, 0.4) is 0 Å². The van der Waals surface area contributed by atoms with Crippen LogP contribution in [-0.2, 0) is 24.0 Å². The van der Waals surface area contributed by atoms with Crippen LogP contribution in [0.15, 0.2) is 46.1 Å². The molecule has 3 heterocycles. The fourth-order valence-electron chi connectivity index (χ4n) is 3.95. The molecule has 1 aromatic heterocycles. The van der Waals surface area contributed by atoms with Gasteiger partial charge >= 0.3 is 11.9 Å². The van der Waals surface area contributed by atoms with E-state index in [1.165, 1.54) is 5.38 Å². The highest BCUT2D eigenvalue weighted by atomic mass is 32.2. The highest BCUT2D eigenvalue weighted by Gasteiger charge is 2.54. The largest absolute Gasteiger partial charge is 0.479 e. The molecular weight excluding hydrogens is 602 g/mol.